The molecule has 0 radical (unpaired) electrons. The maximum absolute atomic E-state index is 10.4. The molecule has 18 nitrogen and oxygen atoms in total. The molecule has 0 spiro atoms. The summed E-state index contributed by atoms with van der Waals surface area (Å²) in [6, 6.07) is 0. The van der Waals surface area contributed by atoms with E-state index in [9.17, 15) is 23.3 Å². The average molecular weight is 517 g/mol. The van der Waals surface area contributed by atoms with Crippen LogP contribution in [0.4, 0.5) is 5.82 Å². The molecule has 21 heteroatoms. The van der Waals surface area contributed by atoms with Crippen molar-refractivity contribution in [3.8, 4) is 0 Å². The van der Waals surface area contributed by atoms with Crippen LogP contribution in [-0.4, -0.2) is 74.9 Å². The van der Waals surface area contributed by atoms with Gasteiger partial charge in [0, 0.05) is 18.2 Å². The van der Waals surface area contributed by atoms with E-state index in [1.54, 1.807) is 6.92 Å². The SMILES string of the molecule is Cc1cnc(=O)[nH]c1N.O=CCC(O)C(O)CO.O=P(O)(O)OP(=O)(O)OP(=O)(O)O. The van der Waals surface area contributed by atoms with Crippen molar-refractivity contribution in [3.63, 3.8) is 0 Å². The molecule has 0 saturated carbocycles. The molecule has 0 aromatic carbocycles. The van der Waals surface area contributed by atoms with Crippen LogP contribution in [0.25, 0.3) is 0 Å². The second-order valence-corrected chi connectivity index (χ2v) is 9.32. The number of aromatic amines is 1. The van der Waals surface area contributed by atoms with Gasteiger partial charge < -0.3 is 50.3 Å². The van der Waals surface area contributed by atoms with Gasteiger partial charge in [-0.1, -0.05) is 0 Å². The number of aldehydes is 1. The maximum atomic E-state index is 10.4. The number of phosphoric acid groups is 3. The van der Waals surface area contributed by atoms with Gasteiger partial charge in [0.1, 0.15) is 18.2 Å². The van der Waals surface area contributed by atoms with Crippen LogP contribution in [0, 0.1) is 6.92 Å². The summed E-state index contributed by atoms with van der Waals surface area (Å²) >= 11 is 0. The van der Waals surface area contributed by atoms with Gasteiger partial charge in [0.05, 0.1) is 12.7 Å². The number of anilines is 1. The van der Waals surface area contributed by atoms with Crippen molar-refractivity contribution < 1.29 is 66.9 Å². The summed E-state index contributed by atoms with van der Waals surface area (Å²) in [4.78, 5) is 66.1. The van der Waals surface area contributed by atoms with E-state index in [2.05, 4.69) is 18.6 Å². The minimum absolute atomic E-state index is 0.137. The molecule has 2 atom stereocenters. The number of nitrogen functional groups attached to an aromatic ring is 1. The van der Waals surface area contributed by atoms with Gasteiger partial charge in [0.2, 0.25) is 0 Å². The number of hydrogen-bond donors (Lipinski definition) is 10. The highest BCUT2D eigenvalue weighted by molar-refractivity contribution is 7.66. The minimum atomic E-state index is -5.46. The highest BCUT2D eigenvalue weighted by Gasteiger charge is 2.38. The molecule has 0 aliphatic rings. The number of nitrogens with zero attached hydrogens (tertiary/aromatic N) is 1. The normalized spacial score (nSPS) is 13.7. The van der Waals surface area contributed by atoms with Crippen molar-refractivity contribution in [2.75, 3.05) is 12.3 Å². The summed E-state index contributed by atoms with van der Waals surface area (Å²) in [5.74, 6) is 0.384. The number of aliphatic hydroxyl groups excluding tert-OH is 3. The van der Waals surface area contributed by atoms with Crippen LogP contribution in [-0.2, 0) is 27.1 Å². The number of aliphatic hydroxyl groups is 3. The van der Waals surface area contributed by atoms with Gasteiger partial charge in [-0.15, -0.1) is 0 Å². The Labute approximate surface area is 173 Å². The molecule has 0 aliphatic carbocycles. The molecule has 1 heterocycles. The van der Waals surface area contributed by atoms with Gasteiger partial charge in [-0.2, -0.15) is 8.62 Å². The molecular weight excluding hydrogens is 495 g/mol. The number of aryl methyl sites for hydroxylation is 1. The van der Waals surface area contributed by atoms with E-state index >= 15 is 0 Å². The van der Waals surface area contributed by atoms with E-state index in [4.69, 9.17) is 45.5 Å². The Hall–Kier alpha value is -1.36. The molecule has 0 saturated heterocycles. The average Bonchev–Trinajstić information content (AvgIpc) is 2.54. The summed E-state index contributed by atoms with van der Waals surface area (Å²) in [6.07, 6.45) is -0.540. The van der Waals surface area contributed by atoms with Crippen molar-refractivity contribution in [2.24, 2.45) is 0 Å². The molecule has 2 unspecified atom stereocenters. The van der Waals surface area contributed by atoms with Gasteiger partial charge in [0.15, 0.2) is 0 Å². The van der Waals surface area contributed by atoms with Crippen LogP contribution in [0.3, 0.4) is 0 Å². The Morgan fingerprint density at radius 2 is 1.55 bits per heavy atom. The van der Waals surface area contributed by atoms with Crippen LogP contribution in [0.2, 0.25) is 0 Å². The number of rotatable bonds is 8. The molecule has 31 heavy (non-hydrogen) atoms. The first-order chi connectivity index (χ1) is 13.8. The first-order valence-corrected chi connectivity index (χ1v) is 12.0. The number of carbonyl (C=O) groups excluding carboxylic acids is 1. The first kappa shape index (κ1) is 31.8. The first-order valence-electron chi connectivity index (χ1n) is 7.42. The molecule has 1 rings (SSSR count). The predicted octanol–water partition coefficient (Wildman–Crippen LogP) is -2.74. The maximum Gasteiger partial charge on any atom is 0.490 e. The fourth-order valence-corrected chi connectivity index (χ4v) is 3.67. The number of nitrogens with one attached hydrogen (secondary N) is 1. The molecule has 1 aromatic rings. The van der Waals surface area contributed by atoms with Crippen molar-refractivity contribution in [3.05, 3.63) is 22.2 Å². The Morgan fingerprint density at radius 3 is 1.84 bits per heavy atom. The lowest BCUT2D eigenvalue weighted by molar-refractivity contribution is -0.111. The zero-order valence-electron chi connectivity index (χ0n) is 15.5. The van der Waals surface area contributed by atoms with Crippen LogP contribution >= 0.6 is 23.5 Å². The van der Waals surface area contributed by atoms with E-state index in [1.807, 2.05) is 0 Å². The summed E-state index contributed by atoms with van der Waals surface area (Å²) in [7, 11) is -16.2. The summed E-state index contributed by atoms with van der Waals surface area (Å²) in [5.41, 5.74) is 5.71. The number of carbonyl (C=O) groups is 1. The van der Waals surface area contributed by atoms with E-state index in [1.165, 1.54) is 6.20 Å². The fraction of sp³-hybridized carbons (Fsp3) is 0.500. The van der Waals surface area contributed by atoms with Crippen molar-refractivity contribution in [2.45, 2.75) is 25.6 Å². The van der Waals surface area contributed by atoms with Crippen LogP contribution in [0.15, 0.2) is 11.0 Å². The Morgan fingerprint density at radius 1 is 1.10 bits per heavy atom. The Bertz CT molecular complexity index is 851. The zero-order chi connectivity index (χ0) is 25.0. The second kappa shape index (κ2) is 13.9. The third-order valence-corrected chi connectivity index (χ3v) is 5.78. The molecule has 182 valence electrons. The van der Waals surface area contributed by atoms with Gasteiger partial charge >= 0.3 is 29.2 Å². The molecule has 0 aliphatic heterocycles. The van der Waals surface area contributed by atoms with Crippen LogP contribution in [0.5, 0.6) is 0 Å². The minimum Gasteiger partial charge on any atom is -0.394 e. The van der Waals surface area contributed by atoms with Crippen LogP contribution in [0.1, 0.15) is 12.0 Å². The van der Waals surface area contributed by atoms with Crippen molar-refractivity contribution >= 4 is 35.6 Å². The molecule has 11 N–H and O–H groups in total. The van der Waals surface area contributed by atoms with Gasteiger partial charge in [0.25, 0.3) is 0 Å². The van der Waals surface area contributed by atoms with Crippen molar-refractivity contribution in [1.29, 1.82) is 0 Å². The second-order valence-electron chi connectivity index (χ2n) is 5.12. The number of hydrogen-bond acceptors (Lipinski definition) is 12. The van der Waals surface area contributed by atoms with Gasteiger partial charge in [-0.05, 0) is 6.92 Å². The lowest BCUT2D eigenvalue weighted by Crippen LogP contribution is -2.29. The smallest absolute Gasteiger partial charge is 0.394 e. The monoisotopic (exact) mass is 517 g/mol. The van der Waals surface area contributed by atoms with Crippen molar-refractivity contribution in [1.82, 2.24) is 9.97 Å². The third kappa shape index (κ3) is 19.1. The quantitative estimate of drug-likeness (QED) is 0.123. The fourth-order valence-electron chi connectivity index (χ4n) is 1.13. The van der Waals surface area contributed by atoms with E-state index < -0.39 is 48.0 Å². The lowest BCUT2D eigenvalue weighted by Gasteiger charge is -2.11. The number of H-pyrrole nitrogens is 1. The number of aromatic nitrogens is 2. The Balaban J connectivity index is 0. The zero-order valence-corrected chi connectivity index (χ0v) is 18.2. The summed E-state index contributed by atoms with van der Waals surface area (Å²) < 4.78 is 36.4. The van der Waals surface area contributed by atoms with Crippen LogP contribution < -0.4 is 11.4 Å². The Kier molecular flexibility index (Phi) is 14.3. The lowest BCUT2D eigenvalue weighted by atomic mass is 10.2. The summed E-state index contributed by atoms with van der Waals surface area (Å²) in [6.45, 7) is 1.26. The van der Waals surface area contributed by atoms with E-state index in [0.717, 1.165) is 5.56 Å². The topological polar surface area (TPSA) is 320 Å². The summed E-state index contributed by atoms with van der Waals surface area (Å²) in [5, 5.41) is 25.5. The number of nitrogens with two attached hydrogens (primary N) is 1. The van der Waals surface area contributed by atoms with Gasteiger partial charge in [-0.3, -0.25) is 4.98 Å². The predicted molar refractivity (Wildman–Crippen MR) is 99.9 cm³/mol. The highest BCUT2D eigenvalue weighted by Crippen LogP contribution is 2.64. The third-order valence-electron chi connectivity index (χ3n) is 2.43. The molecule has 1 aromatic heterocycles. The molecular formula is C10H22N3O15P3. The standard InChI is InChI=1S/C5H7N3O.C5H10O4.H5O10P3/c1-3-2-7-5(9)8-4(3)6;6-2-1-4(8)5(9)3-7;1-11(2,3)9-13(7,8)10-12(4,5)6/h2H,1H3,(H3,6,7,8,9);2,4-5,7-9H,1,3H2;(H,7,8)(H2,1,2,3)(H2,4,5,6). The van der Waals surface area contributed by atoms with Gasteiger partial charge in [-0.25, -0.2) is 23.5 Å². The molecule has 0 amide bonds. The molecule has 0 bridgehead atoms. The van der Waals surface area contributed by atoms with E-state index in [0.29, 0.717) is 12.1 Å². The molecule has 0 fully saturated rings. The van der Waals surface area contributed by atoms with E-state index in [-0.39, 0.29) is 6.42 Å². The highest BCUT2D eigenvalue weighted by atomic mass is 31.3. The largest absolute Gasteiger partial charge is 0.490 e.